The Labute approximate surface area is 267 Å². The van der Waals surface area contributed by atoms with E-state index in [0.717, 1.165) is 12.2 Å². The Morgan fingerprint density at radius 1 is 0.660 bits per heavy atom. The number of allylic oxidation sites excluding steroid dienone is 3. The third-order valence-corrected chi connectivity index (χ3v) is 7.33. The van der Waals surface area contributed by atoms with Gasteiger partial charge in [-0.15, -0.1) is 0 Å². The molecule has 4 rings (SSSR count). The quantitative estimate of drug-likeness (QED) is 0.0718. The van der Waals surface area contributed by atoms with Crippen LogP contribution in [0.5, 0.6) is 23.0 Å². The minimum atomic E-state index is -1.68. The number of aliphatic hydroxyl groups is 9. The molecule has 10 atom stereocenters. The standard InChI is InChI=1S/C31H36O16/c32-12-22-24(38)26(40)28(42)30(46-22)44-20-7-3-14(9-18(20)36)1-5-16(34)11-17(35)6-2-15-4-8-21(19(37)10-15)45-31-29(43)27(41)25(39)23(13-33)47-31/h1-11,22-34,36-43H,12-13H2/b5-1+,6-2+,16-11-/t22-,23-,24-,25-,26+,27+,28-,29-,30-,31-/m1/s1. The highest BCUT2D eigenvalue weighted by atomic mass is 16.7. The Bertz CT molecular complexity index is 1470. The topological polar surface area (TPSA) is 277 Å². The molecule has 2 aromatic rings. The normalized spacial score (nSPS) is 31.7. The summed E-state index contributed by atoms with van der Waals surface area (Å²) < 4.78 is 21.3. The smallest absolute Gasteiger partial charge is 0.229 e. The first-order valence-corrected chi connectivity index (χ1v) is 14.2. The van der Waals surface area contributed by atoms with Crippen LogP contribution in [0.1, 0.15) is 11.1 Å². The number of hydrogen-bond acceptors (Lipinski definition) is 16. The number of phenols is 2. The van der Waals surface area contributed by atoms with Gasteiger partial charge in [-0.05, 0) is 47.5 Å². The zero-order valence-electron chi connectivity index (χ0n) is 24.5. The molecule has 0 amide bonds. The van der Waals surface area contributed by atoms with E-state index in [9.17, 15) is 61.0 Å². The molecule has 2 saturated heterocycles. The third kappa shape index (κ3) is 8.65. The van der Waals surface area contributed by atoms with Crippen molar-refractivity contribution in [2.75, 3.05) is 13.2 Å². The number of carbonyl (C=O) groups is 1. The Morgan fingerprint density at radius 3 is 1.49 bits per heavy atom. The van der Waals surface area contributed by atoms with Crippen LogP contribution in [-0.2, 0) is 14.3 Å². The van der Waals surface area contributed by atoms with Gasteiger partial charge in [-0.3, -0.25) is 4.79 Å². The Morgan fingerprint density at radius 2 is 1.09 bits per heavy atom. The molecule has 0 saturated carbocycles. The highest BCUT2D eigenvalue weighted by molar-refractivity contribution is 6.02. The van der Waals surface area contributed by atoms with Crippen molar-refractivity contribution in [3.05, 3.63) is 71.5 Å². The van der Waals surface area contributed by atoms with Crippen molar-refractivity contribution < 1.29 is 79.9 Å². The average molecular weight is 665 g/mol. The fraction of sp³-hybridized carbons (Fsp3) is 0.387. The van der Waals surface area contributed by atoms with Crippen molar-refractivity contribution in [3.8, 4) is 23.0 Å². The lowest BCUT2D eigenvalue weighted by Crippen LogP contribution is -2.60. The highest BCUT2D eigenvalue weighted by Crippen LogP contribution is 2.33. The number of phenolic OH excluding ortho intramolecular Hbond substituents is 2. The van der Waals surface area contributed by atoms with Gasteiger partial charge in [-0.2, -0.15) is 0 Å². The minimum Gasteiger partial charge on any atom is -0.508 e. The SMILES string of the molecule is O=C(/C=C(O)/C=C/c1ccc(O[C@@H]2O[C@H](CO)[C@@H](O)[C@H](O)[C@H]2O)c(O)c1)/C=C/c1ccc(O[C@@H]2O[C@H](CO)[C@@H](O)[C@H](O)[C@H]2O)c(O)c1. The van der Waals surface area contributed by atoms with Gasteiger partial charge < -0.3 is 75.1 Å². The van der Waals surface area contributed by atoms with Crippen molar-refractivity contribution in [2.45, 2.75) is 61.4 Å². The molecule has 16 nitrogen and oxygen atoms in total. The van der Waals surface area contributed by atoms with E-state index in [1.54, 1.807) is 0 Å². The fourth-order valence-corrected chi connectivity index (χ4v) is 4.66. The largest absolute Gasteiger partial charge is 0.508 e. The lowest BCUT2D eigenvalue weighted by molar-refractivity contribution is -0.277. The van der Waals surface area contributed by atoms with Crippen molar-refractivity contribution >= 4 is 17.9 Å². The van der Waals surface area contributed by atoms with Crippen LogP contribution in [0.4, 0.5) is 0 Å². The molecule has 47 heavy (non-hydrogen) atoms. The molecule has 0 aliphatic carbocycles. The Balaban J connectivity index is 1.33. The van der Waals surface area contributed by atoms with Crippen LogP contribution in [0.25, 0.3) is 12.2 Å². The van der Waals surface area contributed by atoms with E-state index < -0.39 is 97.7 Å². The van der Waals surface area contributed by atoms with Crippen LogP contribution in [0.3, 0.4) is 0 Å². The zero-order valence-corrected chi connectivity index (χ0v) is 24.5. The van der Waals surface area contributed by atoms with E-state index >= 15 is 0 Å². The molecule has 0 aromatic heterocycles. The van der Waals surface area contributed by atoms with Crippen molar-refractivity contribution in [1.29, 1.82) is 0 Å². The van der Waals surface area contributed by atoms with Crippen LogP contribution < -0.4 is 9.47 Å². The van der Waals surface area contributed by atoms with E-state index in [1.165, 1.54) is 54.6 Å². The number of ketones is 1. The van der Waals surface area contributed by atoms with Crippen molar-refractivity contribution in [1.82, 2.24) is 0 Å². The van der Waals surface area contributed by atoms with Crippen LogP contribution in [0.2, 0.25) is 0 Å². The van der Waals surface area contributed by atoms with Gasteiger partial charge in [0.05, 0.1) is 13.2 Å². The number of aromatic hydroxyl groups is 2. The maximum atomic E-state index is 12.3. The molecule has 2 aliphatic rings. The fourth-order valence-electron chi connectivity index (χ4n) is 4.66. The molecule has 16 heteroatoms. The summed E-state index contributed by atoms with van der Waals surface area (Å²) in [5.74, 6) is -2.18. The Kier molecular flexibility index (Phi) is 11.9. The van der Waals surface area contributed by atoms with Gasteiger partial charge in [-0.25, -0.2) is 0 Å². The average Bonchev–Trinajstić information content (AvgIpc) is 3.05. The summed E-state index contributed by atoms with van der Waals surface area (Å²) in [6, 6.07) is 7.98. The molecule has 2 aromatic carbocycles. The minimum absolute atomic E-state index is 0.147. The van der Waals surface area contributed by atoms with Gasteiger partial charge in [0.15, 0.2) is 28.8 Å². The number of benzene rings is 2. The molecule has 256 valence electrons. The van der Waals surface area contributed by atoms with Crippen LogP contribution in [0, 0.1) is 0 Å². The van der Waals surface area contributed by atoms with Gasteiger partial charge >= 0.3 is 0 Å². The second-order valence-corrected chi connectivity index (χ2v) is 10.7. The molecule has 11 N–H and O–H groups in total. The lowest BCUT2D eigenvalue weighted by Gasteiger charge is -2.39. The van der Waals surface area contributed by atoms with E-state index in [1.807, 2.05) is 0 Å². The van der Waals surface area contributed by atoms with Crippen LogP contribution in [-0.4, -0.2) is 137 Å². The second-order valence-electron chi connectivity index (χ2n) is 10.7. The summed E-state index contributed by atoms with van der Waals surface area (Å²) in [6.45, 7) is -1.31. The maximum Gasteiger partial charge on any atom is 0.229 e. The molecule has 0 bridgehead atoms. The number of rotatable bonds is 11. The number of hydrogen-bond donors (Lipinski definition) is 11. The molecular weight excluding hydrogens is 628 g/mol. The monoisotopic (exact) mass is 664 g/mol. The first-order chi connectivity index (χ1) is 22.3. The highest BCUT2D eigenvalue weighted by Gasteiger charge is 2.46. The van der Waals surface area contributed by atoms with Gasteiger partial charge in [-0.1, -0.05) is 24.3 Å². The lowest BCUT2D eigenvalue weighted by atomic mass is 9.99. The van der Waals surface area contributed by atoms with E-state index in [-0.39, 0.29) is 11.5 Å². The van der Waals surface area contributed by atoms with Gasteiger partial charge in [0, 0.05) is 6.08 Å². The van der Waals surface area contributed by atoms with Crippen molar-refractivity contribution in [2.24, 2.45) is 0 Å². The first kappa shape index (κ1) is 35.8. The van der Waals surface area contributed by atoms with E-state index in [2.05, 4.69) is 0 Å². The summed E-state index contributed by atoms with van der Waals surface area (Å²) >= 11 is 0. The summed E-state index contributed by atoms with van der Waals surface area (Å²) in [7, 11) is 0. The summed E-state index contributed by atoms with van der Waals surface area (Å²) in [4.78, 5) is 12.3. The number of aliphatic hydroxyl groups excluding tert-OH is 9. The molecule has 2 fully saturated rings. The molecular formula is C31H36O16. The zero-order chi connectivity index (χ0) is 34.4. The Hall–Kier alpha value is -4.07. The summed E-state index contributed by atoms with van der Waals surface area (Å²) in [6.07, 6.45) is -9.36. The molecule has 0 spiro atoms. The van der Waals surface area contributed by atoms with Crippen LogP contribution >= 0.6 is 0 Å². The molecule has 0 radical (unpaired) electrons. The molecule has 2 aliphatic heterocycles. The first-order valence-electron chi connectivity index (χ1n) is 14.2. The predicted octanol–water partition coefficient (Wildman–Crippen LogP) is -1.81. The van der Waals surface area contributed by atoms with E-state index in [0.29, 0.717) is 11.1 Å². The van der Waals surface area contributed by atoms with E-state index in [4.69, 9.17) is 18.9 Å². The number of carbonyl (C=O) groups excluding carboxylic acids is 1. The third-order valence-electron chi connectivity index (χ3n) is 7.33. The maximum absolute atomic E-state index is 12.3. The van der Waals surface area contributed by atoms with Gasteiger partial charge in [0.2, 0.25) is 12.6 Å². The summed E-state index contributed by atoms with van der Waals surface area (Å²) in [5, 5.41) is 109. The van der Waals surface area contributed by atoms with Crippen molar-refractivity contribution in [3.63, 3.8) is 0 Å². The molecule has 2 heterocycles. The number of ether oxygens (including phenoxy) is 4. The predicted molar refractivity (Wildman–Crippen MR) is 159 cm³/mol. The second kappa shape index (κ2) is 15.7. The summed E-state index contributed by atoms with van der Waals surface area (Å²) in [5.41, 5.74) is 0.718. The van der Waals surface area contributed by atoms with Gasteiger partial charge in [0.25, 0.3) is 0 Å². The van der Waals surface area contributed by atoms with Gasteiger partial charge in [0.1, 0.15) is 54.6 Å². The molecule has 0 unspecified atom stereocenters. The van der Waals surface area contributed by atoms with Crippen LogP contribution in [0.15, 0.2) is 60.4 Å².